The van der Waals surface area contributed by atoms with Gasteiger partial charge in [-0.25, -0.2) is 0 Å². The molecule has 4 atom stereocenters. The maximum Gasteiger partial charge on any atom is 0.0409 e. The maximum atomic E-state index is 6.19. The van der Waals surface area contributed by atoms with Crippen molar-refractivity contribution in [1.82, 2.24) is 5.32 Å². The zero-order valence-corrected chi connectivity index (χ0v) is 13.8. The first-order valence-electron chi connectivity index (χ1n) is 8.10. The van der Waals surface area contributed by atoms with Gasteiger partial charge in [0, 0.05) is 11.1 Å². The smallest absolute Gasteiger partial charge is 0.0409 e. The molecule has 2 heteroatoms. The SMILES string of the molecule is CCCNC(c1cccc(Cl)c1)C1CCC(C)C(C)C1. The summed E-state index contributed by atoms with van der Waals surface area (Å²) in [4.78, 5) is 0. The van der Waals surface area contributed by atoms with Crippen molar-refractivity contribution in [3.8, 4) is 0 Å². The summed E-state index contributed by atoms with van der Waals surface area (Å²) in [6.45, 7) is 8.12. The molecular formula is C18H28ClN. The standard InChI is InChI=1S/C18H28ClN/c1-4-10-20-18(15-6-5-7-17(19)12-15)16-9-8-13(2)14(3)11-16/h5-7,12-14,16,18,20H,4,8-11H2,1-3H3. The zero-order valence-electron chi connectivity index (χ0n) is 13.0. The lowest BCUT2D eigenvalue weighted by atomic mass is 9.72. The second-order valence-corrected chi connectivity index (χ2v) is 6.95. The van der Waals surface area contributed by atoms with Crippen LogP contribution in [0.2, 0.25) is 5.02 Å². The van der Waals surface area contributed by atoms with Crippen LogP contribution in [0.3, 0.4) is 0 Å². The summed E-state index contributed by atoms with van der Waals surface area (Å²) in [6.07, 6.45) is 5.20. The summed E-state index contributed by atoms with van der Waals surface area (Å²) in [5.41, 5.74) is 1.36. The van der Waals surface area contributed by atoms with E-state index in [1.807, 2.05) is 6.07 Å². The molecule has 0 aromatic heterocycles. The number of nitrogens with one attached hydrogen (secondary N) is 1. The fraction of sp³-hybridized carbons (Fsp3) is 0.667. The lowest BCUT2D eigenvalue weighted by molar-refractivity contribution is 0.171. The molecule has 1 N–H and O–H groups in total. The van der Waals surface area contributed by atoms with Gasteiger partial charge in [-0.2, -0.15) is 0 Å². The number of hydrogen-bond donors (Lipinski definition) is 1. The largest absolute Gasteiger partial charge is 0.310 e. The zero-order chi connectivity index (χ0) is 14.5. The van der Waals surface area contributed by atoms with Crippen molar-refractivity contribution >= 4 is 11.6 Å². The Balaban J connectivity index is 2.15. The van der Waals surface area contributed by atoms with Gasteiger partial charge < -0.3 is 5.32 Å². The Morgan fingerprint density at radius 3 is 2.70 bits per heavy atom. The van der Waals surface area contributed by atoms with Crippen LogP contribution in [-0.4, -0.2) is 6.54 Å². The van der Waals surface area contributed by atoms with Crippen molar-refractivity contribution in [1.29, 1.82) is 0 Å². The number of hydrogen-bond acceptors (Lipinski definition) is 1. The number of benzene rings is 1. The van der Waals surface area contributed by atoms with Crippen LogP contribution < -0.4 is 5.32 Å². The summed E-state index contributed by atoms with van der Waals surface area (Å²) < 4.78 is 0. The number of halogens is 1. The molecular weight excluding hydrogens is 266 g/mol. The van der Waals surface area contributed by atoms with Gasteiger partial charge in [-0.15, -0.1) is 0 Å². The predicted octanol–water partition coefficient (Wildman–Crippen LogP) is 5.45. The van der Waals surface area contributed by atoms with Crippen LogP contribution in [0.5, 0.6) is 0 Å². The minimum atomic E-state index is 0.462. The van der Waals surface area contributed by atoms with E-state index >= 15 is 0 Å². The fourth-order valence-electron chi connectivity index (χ4n) is 3.45. The third-order valence-electron chi connectivity index (χ3n) is 4.93. The summed E-state index contributed by atoms with van der Waals surface area (Å²) in [7, 11) is 0. The molecule has 2 rings (SSSR count). The first-order chi connectivity index (χ1) is 9.61. The Kier molecular flexibility index (Phi) is 5.92. The first kappa shape index (κ1) is 15.9. The molecule has 1 aliphatic carbocycles. The van der Waals surface area contributed by atoms with E-state index in [1.54, 1.807) is 0 Å². The first-order valence-corrected chi connectivity index (χ1v) is 8.48. The van der Waals surface area contributed by atoms with E-state index in [9.17, 15) is 0 Å². The Labute approximate surface area is 129 Å². The van der Waals surface area contributed by atoms with Gasteiger partial charge in [-0.05, 0) is 61.3 Å². The van der Waals surface area contributed by atoms with Gasteiger partial charge in [0.2, 0.25) is 0 Å². The van der Waals surface area contributed by atoms with E-state index in [0.29, 0.717) is 6.04 Å². The van der Waals surface area contributed by atoms with Gasteiger partial charge in [0.25, 0.3) is 0 Å². The lowest BCUT2D eigenvalue weighted by Crippen LogP contribution is -2.33. The second-order valence-electron chi connectivity index (χ2n) is 6.51. The molecule has 1 aromatic rings. The van der Waals surface area contributed by atoms with Crippen LogP contribution in [-0.2, 0) is 0 Å². The molecule has 1 aromatic carbocycles. The molecule has 0 aliphatic heterocycles. The number of rotatable bonds is 5. The quantitative estimate of drug-likeness (QED) is 0.761. The van der Waals surface area contributed by atoms with Crippen LogP contribution >= 0.6 is 11.6 Å². The van der Waals surface area contributed by atoms with Crippen molar-refractivity contribution in [3.63, 3.8) is 0 Å². The predicted molar refractivity (Wildman–Crippen MR) is 88.2 cm³/mol. The molecule has 0 spiro atoms. The highest BCUT2D eigenvalue weighted by Gasteiger charge is 2.30. The third kappa shape index (κ3) is 3.99. The van der Waals surface area contributed by atoms with Gasteiger partial charge in [-0.3, -0.25) is 0 Å². The monoisotopic (exact) mass is 293 g/mol. The highest BCUT2D eigenvalue weighted by atomic mass is 35.5. The van der Waals surface area contributed by atoms with Gasteiger partial charge >= 0.3 is 0 Å². The van der Waals surface area contributed by atoms with Crippen LogP contribution in [0, 0.1) is 17.8 Å². The van der Waals surface area contributed by atoms with E-state index in [4.69, 9.17) is 11.6 Å². The molecule has 1 saturated carbocycles. The van der Waals surface area contributed by atoms with E-state index in [2.05, 4.69) is 44.3 Å². The Morgan fingerprint density at radius 1 is 1.25 bits per heavy atom. The van der Waals surface area contributed by atoms with E-state index in [0.717, 1.165) is 29.3 Å². The van der Waals surface area contributed by atoms with Crippen LogP contribution in [0.15, 0.2) is 24.3 Å². The topological polar surface area (TPSA) is 12.0 Å². The normalized spacial score (nSPS) is 28.3. The molecule has 0 heterocycles. The highest BCUT2D eigenvalue weighted by Crippen LogP contribution is 2.40. The molecule has 20 heavy (non-hydrogen) atoms. The molecule has 4 unspecified atom stereocenters. The van der Waals surface area contributed by atoms with Crippen LogP contribution in [0.25, 0.3) is 0 Å². The van der Waals surface area contributed by atoms with Crippen molar-refractivity contribution in [2.75, 3.05) is 6.54 Å². The van der Waals surface area contributed by atoms with Gasteiger partial charge in [0.05, 0.1) is 0 Å². The van der Waals surface area contributed by atoms with E-state index in [-0.39, 0.29) is 0 Å². The fourth-order valence-corrected chi connectivity index (χ4v) is 3.65. The highest BCUT2D eigenvalue weighted by molar-refractivity contribution is 6.30. The van der Waals surface area contributed by atoms with E-state index in [1.165, 1.54) is 31.2 Å². The Bertz CT molecular complexity index is 418. The summed E-state index contributed by atoms with van der Waals surface area (Å²) in [5, 5.41) is 4.61. The summed E-state index contributed by atoms with van der Waals surface area (Å²) in [5.74, 6) is 2.45. The minimum absolute atomic E-state index is 0.462. The molecule has 1 fully saturated rings. The molecule has 1 nitrogen and oxygen atoms in total. The van der Waals surface area contributed by atoms with Crippen LogP contribution in [0.4, 0.5) is 0 Å². The molecule has 0 saturated heterocycles. The third-order valence-corrected chi connectivity index (χ3v) is 5.17. The Hall–Kier alpha value is -0.530. The van der Waals surface area contributed by atoms with Crippen molar-refractivity contribution in [2.24, 2.45) is 17.8 Å². The minimum Gasteiger partial charge on any atom is -0.310 e. The molecule has 0 bridgehead atoms. The van der Waals surface area contributed by atoms with Gasteiger partial charge in [0.1, 0.15) is 0 Å². The molecule has 1 aliphatic rings. The average molecular weight is 294 g/mol. The molecule has 0 amide bonds. The van der Waals surface area contributed by atoms with Crippen molar-refractivity contribution in [2.45, 2.75) is 52.5 Å². The summed E-state index contributed by atoms with van der Waals surface area (Å²) >= 11 is 6.19. The van der Waals surface area contributed by atoms with Gasteiger partial charge in [-0.1, -0.05) is 50.9 Å². The van der Waals surface area contributed by atoms with Crippen molar-refractivity contribution in [3.05, 3.63) is 34.9 Å². The lowest BCUT2D eigenvalue weighted by Gasteiger charge is -2.37. The van der Waals surface area contributed by atoms with Crippen LogP contribution in [0.1, 0.15) is 58.1 Å². The second kappa shape index (κ2) is 7.47. The van der Waals surface area contributed by atoms with E-state index < -0.39 is 0 Å². The molecule has 0 radical (unpaired) electrons. The Morgan fingerprint density at radius 2 is 2.05 bits per heavy atom. The maximum absolute atomic E-state index is 6.19. The van der Waals surface area contributed by atoms with Gasteiger partial charge in [0.15, 0.2) is 0 Å². The van der Waals surface area contributed by atoms with Crippen molar-refractivity contribution < 1.29 is 0 Å². The summed E-state index contributed by atoms with van der Waals surface area (Å²) in [6, 6.07) is 8.86. The molecule has 112 valence electrons. The average Bonchev–Trinajstić information content (AvgIpc) is 2.43.